The Morgan fingerprint density at radius 1 is 1.09 bits per heavy atom. The third-order valence-corrected chi connectivity index (χ3v) is 4.56. The van der Waals surface area contributed by atoms with Gasteiger partial charge in [-0.2, -0.15) is 0 Å². The van der Waals surface area contributed by atoms with Gasteiger partial charge in [-0.05, 0) is 57.4 Å². The number of amides is 1. The second-order valence-electron chi connectivity index (χ2n) is 5.50. The minimum atomic E-state index is -0.149. The molecule has 0 saturated heterocycles. The van der Waals surface area contributed by atoms with Crippen LogP contribution in [0, 0.1) is 0 Å². The number of carbonyl (C=O) groups is 1. The van der Waals surface area contributed by atoms with Crippen LogP contribution >= 0.6 is 15.9 Å². The molecule has 1 amide bonds. The summed E-state index contributed by atoms with van der Waals surface area (Å²) in [4.78, 5) is 12.5. The lowest BCUT2D eigenvalue weighted by molar-refractivity contribution is 0.0939. The van der Waals surface area contributed by atoms with E-state index in [0.29, 0.717) is 11.3 Å². The lowest BCUT2D eigenvalue weighted by Gasteiger charge is -2.17. The Balaban J connectivity index is 1.90. The molecule has 0 radical (unpaired) electrons. The van der Waals surface area contributed by atoms with Crippen molar-refractivity contribution >= 4 is 38.3 Å². The minimum absolute atomic E-state index is 0.109. The van der Waals surface area contributed by atoms with Crippen LogP contribution in [-0.4, -0.2) is 5.91 Å². The Morgan fingerprint density at radius 2 is 1.83 bits per heavy atom. The second-order valence-corrected chi connectivity index (χ2v) is 6.36. The summed E-state index contributed by atoms with van der Waals surface area (Å²) >= 11 is 3.40. The molecule has 0 heterocycles. The summed E-state index contributed by atoms with van der Waals surface area (Å²) in [5.74, 6) is -0.149. The predicted molar refractivity (Wildman–Crippen MR) is 98.4 cm³/mol. The highest BCUT2D eigenvalue weighted by molar-refractivity contribution is 9.10. The number of anilines is 1. The van der Waals surface area contributed by atoms with Crippen LogP contribution in [0.4, 0.5) is 5.69 Å². The Kier molecular flexibility index (Phi) is 4.35. The number of carbonyl (C=O) groups excluding carboxylic acids is 1. The average Bonchev–Trinajstić information content (AvgIpc) is 2.56. The quantitative estimate of drug-likeness (QED) is 0.659. The summed E-state index contributed by atoms with van der Waals surface area (Å²) in [7, 11) is 0. The van der Waals surface area contributed by atoms with Gasteiger partial charge in [-0.25, -0.2) is 0 Å². The molecule has 116 valence electrons. The van der Waals surface area contributed by atoms with Crippen molar-refractivity contribution in [2.24, 2.45) is 0 Å². The monoisotopic (exact) mass is 368 g/mol. The molecule has 3 aromatic rings. The van der Waals surface area contributed by atoms with Crippen molar-refractivity contribution in [3.8, 4) is 0 Å². The lowest BCUT2D eigenvalue weighted by atomic mass is 9.99. The molecular formula is C19H17BrN2O. The number of rotatable bonds is 3. The lowest BCUT2D eigenvalue weighted by Crippen LogP contribution is -2.27. The molecule has 4 heteroatoms. The zero-order valence-electron chi connectivity index (χ0n) is 12.7. The molecule has 0 aliphatic carbocycles. The fourth-order valence-corrected chi connectivity index (χ4v) is 3.12. The number of nitrogen functional groups attached to an aromatic ring is 1. The van der Waals surface area contributed by atoms with Crippen molar-refractivity contribution in [1.29, 1.82) is 0 Å². The highest BCUT2D eigenvalue weighted by Gasteiger charge is 2.15. The van der Waals surface area contributed by atoms with E-state index < -0.39 is 0 Å². The number of halogens is 1. The first-order valence-corrected chi connectivity index (χ1v) is 8.19. The molecule has 1 atom stereocenters. The van der Waals surface area contributed by atoms with Gasteiger partial charge in [-0.1, -0.05) is 42.5 Å². The fourth-order valence-electron chi connectivity index (χ4n) is 2.70. The van der Waals surface area contributed by atoms with Crippen LogP contribution in [0.15, 0.2) is 65.1 Å². The Morgan fingerprint density at radius 3 is 2.65 bits per heavy atom. The average molecular weight is 369 g/mol. The molecule has 3 N–H and O–H groups in total. The van der Waals surface area contributed by atoms with E-state index in [1.165, 1.54) is 0 Å². The Labute approximate surface area is 143 Å². The molecule has 0 fully saturated rings. The largest absolute Gasteiger partial charge is 0.399 e. The van der Waals surface area contributed by atoms with Crippen molar-refractivity contribution in [3.05, 3.63) is 76.3 Å². The molecular weight excluding hydrogens is 352 g/mol. The molecule has 0 aromatic heterocycles. The van der Waals surface area contributed by atoms with Crippen molar-refractivity contribution < 1.29 is 4.79 Å². The molecule has 0 aliphatic heterocycles. The number of hydrogen-bond acceptors (Lipinski definition) is 2. The van der Waals surface area contributed by atoms with Gasteiger partial charge in [0.25, 0.3) is 5.91 Å². The highest BCUT2D eigenvalue weighted by Crippen LogP contribution is 2.25. The number of benzene rings is 3. The maximum Gasteiger partial charge on any atom is 0.252 e. The zero-order valence-corrected chi connectivity index (χ0v) is 14.3. The van der Waals surface area contributed by atoms with E-state index in [1.807, 2.05) is 31.2 Å². The van der Waals surface area contributed by atoms with Gasteiger partial charge in [0.1, 0.15) is 0 Å². The van der Waals surface area contributed by atoms with E-state index in [1.54, 1.807) is 18.2 Å². The molecule has 3 aromatic carbocycles. The summed E-state index contributed by atoms with van der Waals surface area (Å²) in [6, 6.07) is 19.4. The summed E-state index contributed by atoms with van der Waals surface area (Å²) in [5.41, 5.74) is 7.98. The molecule has 0 saturated carbocycles. The maximum absolute atomic E-state index is 12.5. The molecule has 23 heavy (non-hydrogen) atoms. The van der Waals surface area contributed by atoms with Crippen molar-refractivity contribution in [3.63, 3.8) is 0 Å². The van der Waals surface area contributed by atoms with Crippen LogP contribution in [-0.2, 0) is 0 Å². The normalized spacial score (nSPS) is 12.1. The summed E-state index contributed by atoms with van der Waals surface area (Å²) in [6.45, 7) is 1.99. The van der Waals surface area contributed by atoms with Crippen LogP contribution in [0.3, 0.4) is 0 Å². The third kappa shape index (κ3) is 3.22. The van der Waals surface area contributed by atoms with Crippen molar-refractivity contribution in [2.75, 3.05) is 5.73 Å². The molecule has 0 spiro atoms. The van der Waals surface area contributed by atoms with Gasteiger partial charge in [0.05, 0.1) is 11.6 Å². The first-order chi connectivity index (χ1) is 11.1. The topological polar surface area (TPSA) is 55.1 Å². The van der Waals surface area contributed by atoms with Gasteiger partial charge in [-0.3, -0.25) is 4.79 Å². The number of fused-ring (bicyclic) bond motifs is 1. The van der Waals surface area contributed by atoms with Crippen molar-refractivity contribution in [1.82, 2.24) is 5.32 Å². The van der Waals surface area contributed by atoms with E-state index >= 15 is 0 Å². The standard InChI is InChI=1S/C19H17BrN2O/c1-12(15-8-4-6-13-5-2-3-7-16(13)15)22-19(23)17-11-14(21)9-10-18(17)20/h2-12H,21H2,1H3,(H,22,23). The highest BCUT2D eigenvalue weighted by atomic mass is 79.9. The van der Waals surface area contributed by atoms with Crippen LogP contribution < -0.4 is 11.1 Å². The van der Waals surface area contributed by atoms with Crippen molar-refractivity contribution in [2.45, 2.75) is 13.0 Å². The predicted octanol–water partition coefficient (Wildman–Crippen LogP) is 4.68. The van der Waals surface area contributed by atoms with E-state index in [4.69, 9.17) is 5.73 Å². The minimum Gasteiger partial charge on any atom is -0.399 e. The summed E-state index contributed by atoms with van der Waals surface area (Å²) in [5, 5.41) is 5.36. The van der Waals surface area contributed by atoms with E-state index in [0.717, 1.165) is 20.8 Å². The van der Waals surface area contributed by atoms with Gasteiger partial charge in [0, 0.05) is 10.2 Å². The van der Waals surface area contributed by atoms with Crippen LogP contribution in [0.25, 0.3) is 10.8 Å². The zero-order chi connectivity index (χ0) is 16.4. The fraction of sp³-hybridized carbons (Fsp3) is 0.105. The SMILES string of the molecule is CC(NC(=O)c1cc(N)ccc1Br)c1cccc2ccccc12. The molecule has 0 aliphatic rings. The molecule has 0 bridgehead atoms. The maximum atomic E-state index is 12.5. The van der Waals surface area contributed by atoms with Gasteiger partial charge in [0.15, 0.2) is 0 Å². The number of nitrogens with one attached hydrogen (secondary N) is 1. The summed E-state index contributed by atoms with van der Waals surface area (Å²) in [6.07, 6.45) is 0. The van der Waals surface area contributed by atoms with Crippen LogP contribution in [0.1, 0.15) is 28.9 Å². The van der Waals surface area contributed by atoms with Gasteiger partial charge in [-0.15, -0.1) is 0 Å². The van der Waals surface area contributed by atoms with Crippen LogP contribution in [0.2, 0.25) is 0 Å². The third-order valence-electron chi connectivity index (χ3n) is 3.87. The van der Waals surface area contributed by atoms with Gasteiger partial charge < -0.3 is 11.1 Å². The van der Waals surface area contributed by atoms with E-state index in [2.05, 4.69) is 39.4 Å². The number of nitrogens with two attached hydrogens (primary N) is 1. The van der Waals surface area contributed by atoms with E-state index in [9.17, 15) is 4.79 Å². The molecule has 1 unspecified atom stereocenters. The van der Waals surface area contributed by atoms with E-state index in [-0.39, 0.29) is 11.9 Å². The van der Waals surface area contributed by atoms with Gasteiger partial charge >= 0.3 is 0 Å². The number of hydrogen-bond donors (Lipinski definition) is 2. The Bertz CT molecular complexity index is 871. The summed E-state index contributed by atoms with van der Waals surface area (Å²) < 4.78 is 0.731. The Hall–Kier alpha value is -2.33. The smallest absolute Gasteiger partial charge is 0.252 e. The molecule has 3 nitrogen and oxygen atoms in total. The first-order valence-electron chi connectivity index (χ1n) is 7.40. The first kappa shape index (κ1) is 15.6. The second kappa shape index (κ2) is 6.42. The van der Waals surface area contributed by atoms with Gasteiger partial charge in [0.2, 0.25) is 0 Å². The molecule has 3 rings (SSSR count). The van der Waals surface area contributed by atoms with Crippen LogP contribution in [0.5, 0.6) is 0 Å².